The number of aliphatic hydroxyl groups is 2. The van der Waals surface area contributed by atoms with E-state index in [1.807, 2.05) is 6.92 Å². The number of rotatable bonds is 4. The minimum atomic E-state index is -0.939. The molecular weight excluding hydrogens is 327 g/mol. The number of ether oxygens (including phenoxy) is 1. The molecule has 3 rings (SSSR count). The van der Waals surface area contributed by atoms with Crippen LogP contribution in [0.4, 0.5) is 4.39 Å². The van der Waals surface area contributed by atoms with Crippen LogP contribution in [0, 0.1) is 18.7 Å². The number of hydrogen-bond donors (Lipinski definition) is 3. The van der Waals surface area contributed by atoms with Crippen LogP contribution in [0.15, 0.2) is 18.2 Å². The maximum Gasteiger partial charge on any atom is 0.270 e. The van der Waals surface area contributed by atoms with Gasteiger partial charge >= 0.3 is 0 Å². The van der Waals surface area contributed by atoms with E-state index in [2.05, 4.69) is 4.98 Å². The maximum absolute atomic E-state index is 13.5. The summed E-state index contributed by atoms with van der Waals surface area (Å²) in [5.41, 5.74) is 1.81. The first-order valence-corrected chi connectivity index (χ1v) is 8.43. The second kappa shape index (κ2) is 7.11. The standard InChI is InChI=1S/C18H23FN2O4/c1-3-21(7-11-8-25-9-15(22)17(11)23)18(24)16-10(2)13-6-12(19)4-5-14(13)20-16/h4-6,11,15,17,20,22-23H,3,7-9H2,1-2H3/t11-,15-,17+/m1/s1. The summed E-state index contributed by atoms with van der Waals surface area (Å²) >= 11 is 0. The summed E-state index contributed by atoms with van der Waals surface area (Å²) in [6, 6.07) is 4.37. The molecular formula is C18H23FN2O4. The first kappa shape index (κ1) is 17.8. The SMILES string of the molecule is CCN(C[C@@H]1COC[C@@H](O)[C@H]1O)C(=O)c1[nH]c2ccc(F)cc2c1C. The lowest BCUT2D eigenvalue weighted by Crippen LogP contribution is -2.49. The quantitative estimate of drug-likeness (QED) is 0.779. The molecule has 0 spiro atoms. The topological polar surface area (TPSA) is 85.8 Å². The van der Waals surface area contributed by atoms with Crippen LogP contribution in [0.3, 0.4) is 0 Å². The van der Waals surface area contributed by atoms with Crippen LogP contribution >= 0.6 is 0 Å². The predicted molar refractivity (Wildman–Crippen MR) is 90.9 cm³/mol. The van der Waals surface area contributed by atoms with Crippen molar-refractivity contribution in [1.82, 2.24) is 9.88 Å². The molecule has 0 unspecified atom stereocenters. The van der Waals surface area contributed by atoms with E-state index in [1.165, 1.54) is 12.1 Å². The molecule has 1 saturated heterocycles. The normalized spacial score (nSPS) is 23.8. The highest BCUT2D eigenvalue weighted by Crippen LogP contribution is 2.24. The maximum atomic E-state index is 13.5. The Morgan fingerprint density at radius 1 is 1.40 bits per heavy atom. The Hall–Kier alpha value is -1.96. The molecule has 1 aromatic carbocycles. The van der Waals surface area contributed by atoms with Gasteiger partial charge in [0.1, 0.15) is 17.6 Å². The third kappa shape index (κ3) is 3.40. The molecule has 7 heteroatoms. The first-order chi connectivity index (χ1) is 11.9. The van der Waals surface area contributed by atoms with Gasteiger partial charge in [0.05, 0.1) is 19.3 Å². The van der Waals surface area contributed by atoms with Crippen LogP contribution in [0.1, 0.15) is 23.0 Å². The Labute approximate surface area is 145 Å². The summed E-state index contributed by atoms with van der Waals surface area (Å²) in [4.78, 5) is 17.6. The number of hydrogen-bond acceptors (Lipinski definition) is 4. The van der Waals surface area contributed by atoms with Gasteiger partial charge in [-0.3, -0.25) is 4.79 Å². The zero-order valence-electron chi connectivity index (χ0n) is 14.3. The molecule has 2 aromatic rings. The van der Waals surface area contributed by atoms with Crippen LogP contribution < -0.4 is 0 Å². The van der Waals surface area contributed by atoms with Crippen molar-refractivity contribution < 1.29 is 24.1 Å². The molecule has 1 aliphatic rings. The zero-order chi connectivity index (χ0) is 18.1. The van der Waals surface area contributed by atoms with Crippen molar-refractivity contribution in [2.75, 3.05) is 26.3 Å². The number of aliphatic hydroxyl groups excluding tert-OH is 2. The molecule has 6 nitrogen and oxygen atoms in total. The number of fused-ring (bicyclic) bond motifs is 1. The van der Waals surface area contributed by atoms with Crippen molar-refractivity contribution in [3.63, 3.8) is 0 Å². The van der Waals surface area contributed by atoms with Gasteiger partial charge in [-0.15, -0.1) is 0 Å². The molecule has 0 saturated carbocycles. The Bertz CT molecular complexity index is 776. The number of aryl methyl sites for hydroxylation is 1. The molecule has 3 N–H and O–H groups in total. The summed E-state index contributed by atoms with van der Waals surface area (Å²) in [6.07, 6.45) is -1.86. The van der Waals surface area contributed by atoms with Crippen LogP contribution in [0.5, 0.6) is 0 Å². The fourth-order valence-corrected chi connectivity index (χ4v) is 3.32. The van der Waals surface area contributed by atoms with E-state index < -0.39 is 12.2 Å². The van der Waals surface area contributed by atoms with Crippen LogP contribution in [0.25, 0.3) is 10.9 Å². The van der Waals surface area contributed by atoms with Gasteiger partial charge in [-0.05, 0) is 37.6 Å². The van der Waals surface area contributed by atoms with Gasteiger partial charge in [0.2, 0.25) is 0 Å². The minimum Gasteiger partial charge on any atom is -0.390 e. The lowest BCUT2D eigenvalue weighted by Gasteiger charge is -2.35. The molecule has 0 radical (unpaired) electrons. The largest absolute Gasteiger partial charge is 0.390 e. The minimum absolute atomic E-state index is 0.102. The highest BCUT2D eigenvalue weighted by atomic mass is 19.1. The molecule has 1 fully saturated rings. The molecule has 1 amide bonds. The fraction of sp³-hybridized carbons (Fsp3) is 0.500. The average molecular weight is 350 g/mol. The number of halogens is 1. The van der Waals surface area contributed by atoms with Crippen LogP contribution in [-0.2, 0) is 4.74 Å². The van der Waals surface area contributed by atoms with Crippen molar-refractivity contribution in [2.24, 2.45) is 5.92 Å². The monoisotopic (exact) mass is 350 g/mol. The molecule has 0 aliphatic carbocycles. The van der Waals surface area contributed by atoms with Gasteiger partial charge in [-0.25, -0.2) is 4.39 Å². The zero-order valence-corrected chi connectivity index (χ0v) is 14.3. The van der Waals surface area contributed by atoms with Crippen LogP contribution in [0.2, 0.25) is 0 Å². The number of nitrogens with one attached hydrogen (secondary N) is 1. The second-order valence-electron chi connectivity index (χ2n) is 6.51. The third-order valence-corrected chi connectivity index (χ3v) is 4.86. The Kier molecular flexibility index (Phi) is 5.08. The first-order valence-electron chi connectivity index (χ1n) is 8.43. The van der Waals surface area contributed by atoms with Crippen molar-refractivity contribution in [2.45, 2.75) is 26.1 Å². The van der Waals surface area contributed by atoms with E-state index in [0.29, 0.717) is 35.3 Å². The molecule has 1 aliphatic heterocycles. The smallest absolute Gasteiger partial charge is 0.270 e. The Morgan fingerprint density at radius 2 is 2.16 bits per heavy atom. The highest BCUT2D eigenvalue weighted by Gasteiger charge is 2.33. The summed E-state index contributed by atoms with van der Waals surface area (Å²) in [7, 11) is 0. The van der Waals surface area contributed by atoms with Crippen molar-refractivity contribution in [3.05, 3.63) is 35.3 Å². The molecule has 3 atom stereocenters. The molecule has 136 valence electrons. The van der Waals surface area contributed by atoms with E-state index in [4.69, 9.17) is 4.74 Å². The molecule has 0 bridgehead atoms. The summed E-state index contributed by atoms with van der Waals surface area (Å²) < 4.78 is 18.7. The summed E-state index contributed by atoms with van der Waals surface area (Å²) in [5.74, 6) is -0.920. The molecule has 2 heterocycles. The summed E-state index contributed by atoms with van der Waals surface area (Å²) in [6.45, 7) is 4.74. The fourth-order valence-electron chi connectivity index (χ4n) is 3.32. The lowest BCUT2D eigenvalue weighted by atomic mass is 9.95. The molecule has 1 aromatic heterocycles. The Morgan fingerprint density at radius 3 is 2.88 bits per heavy atom. The lowest BCUT2D eigenvalue weighted by molar-refractivity contribution is -0.123. The van der Waals surface area contributed by atoms with E-state index in [-0.39, 0.29) is 30.8 Å². The number of aromatic nitrogens is 1. The Balaban J connectivity index is 1.84. The second-order valence-corrected chi connectivity index (χ2v) is 6.51. The molecule has 25 heavy (non-hydrogen) atoms. The van der Waals surface area contributed by atoms with Gasteiger partial charge in [0.15, 0.2) is 0 Å². The number of carbonyl (C=O) groups excluding carboxylic acids is 1. The summed E-state index contributed by atoms with van der Waals surface area (Å²) in [5, 5.41) is 20.5. The van der Waals surface area contributed by atoms with Crippen molar-refractivity contribution in [1.29, 1.82) is 0 Å². The van der Waals surface area contributed by atoms with Crippen molar-refractivity contribution >= 4 is 16.8 Å². The number of amides is 1. The number of benzene rings is 1. The van der Waals surface area contributed by atoms with E-state index in [9.17, 15) is 19.4 Å². The number of nitrogens with zero attached hydrogens (tertiary/aromatic N) is 1. The van der Waals surface area contributed by atoms with Gasteiger partial charge in [0.25, 0.3) is 5.91 Å². The van der Waals surface area contributed by atoms with Gasteiger partial charge in [-0.1, -0.05) is 0 Å². The average Bonchev–Trinajstić information content (AvgIpc) is 2.92. The number of carbonyl (C=O) groups is 1. The van der Waals surface area contributed by atoms with Crippen molar-refractivity contribution in [3.8, 4) is 0 Å². The number of aromatic amines is 1. The van der Waals surface area contributed by atoms with Gasteiger partial charge < -0.3 is 24.8 Å². The third-order valence-electron chi connectivity index (χ3n) is 4.86. The van der Waals surface area contributed by atoms with Gasteiger partial charge in [-0.2, -0.15) is 0 Å². The number of H-pyrrole nitrogens is 1. The van der Waals surface area contributed by atoms with E-state index in [1.54, 1.807) is 17.9 Å². The van der Waals surface area contributed by atoms with Crippen LogP contribution in [-0.4, -0.2) is 64.5 Å². The van der Waals surface area contributed by atoms with E-state index in [0.717, 1.165) is 0 Å². The predicted octanol–water partition coefficient (Wildman–Crippen LogP) is 1.45. The van der Waals surface area contributed by atoms with E-state index >= 15 is 0 Å². The van der Waals surface area contributed by atoms with Gasteiger partial charge in [0, 0.05) is 29.9 Å². The highest BCUT2D eigenvalue weighted by molar-refractivity contribution is 6.00.